The van der Waals surface area contributed by atoms with Gasteiger partial charge in [-0.05, 0) is 28.7 Å². The molecule has 0 saturated carbocycles. The van der Waals surface area contributed by atoms with Gasteiger partial charge in [-0.25, -0.2) is 13.6 Å². The molecule has 3 N–H and O–H groups in total. The number of rotatable bonds is 10. The number of carbonyl (C=O) groups excluding carboxylic acids is 2. The zero-order valence-corrected chi connectivity index (χ0v) is 17.2. The van der Waals surface area contributed by atoms with E-state index in [9.17, 15) is 23.2 Å². The minimum Gasteiger partial charge on any atom is -0.481 e. The summed E-state index contributed by atoms with van der Waals surface area (Å²) in [7, 11) is 0. The molecule has 0 bridgehead atoms. The van der Waals surface area contributed by atoms with Crippen molar-refractivity contribution in [2.45, 2.75) is 37.6 Å². The van der Waals surface area contributed by atoms with Crippen molar-refractivity contribution in [2.75, 3.05) is 13.2 Å². The van der Waals surface area contributed by atoms with E-state index in [0.717, 1.165) is 22.3 Å². The Morgan fingerprint density at radius 1 is 0.969 bits per heavy atom. The largest absolute Gasteiger partial charge is 0.481 e. The SMILES string of the molecule is O=C(O)CCC(NC(=O)OCC1c2ccccc2-c2ccccc21)C(=O)NCCC(F)F. The van der Waals surface area contributed by atoms with Gasteiger partial charge < -0.3 is 20.5 Å². The molecule has 9 heteroatoms. The van der Waals surface area contributed by atoms with Crippen molar-refractivity contribution in [3.8, 4) is 11.1 Å². The van der Waals surface area contributed by atoms with E-state index in [2.05, 4.69) is 10.6 Å². The second-order valence-corrected chi connectivity index (χ2v) is 7.43. The maximum Gasteiger partial charge on any atom is 0.407 e. The highest BCUT2D eigenvalue weighted by atomic mass is 19.3. The number of alkyl halides is 2. The van der Waals surface area contributed by atoms with Crippen LogP contribution in [0.1, 0.15) is 36.3 Å². The fourth-order valence-corrected chi connectivity index (χ4v) is 3.75. The number of benzene rings is 2. The topological polar surface area (TPSA) is 105 Å². The summed E-state index contributed by atoms with van der Waals surface area (Å²) in [6.07, 6.45) is -4.58. The molecule has 32 heavy (non-hydrogen) atoms. The number of carbonyl (C=O) groups is 3. The predicted octanol–water partition coefficient (Wildman–Crippen LogP) is 3.53. The van der Waals surface area contributed by atoms with Gasteiger partial charge in [0.1, 0.15) is 12.6 Å². The average molecular weight is 446 g/mol. The summed E-state index contributed by atoms with van der Waals surface area (Å²) in [6, 6.07) is 14.4. The number of fused-ring (bicyclic) bond motifs is 3. The maximum atomic E-state index is 12.4. The van der Waals surface area contributed by atoms with E-state index in [0.29, 0.717) is 0 Å². The molecule has 0 radical (unpaired) electrons. The number of carboxylic acids is 1. The minimum atomic E-state index is -2.58. The Hall–Kier alpha value is -3.49. The number of hydrogen-bond donors (Lipinski definition) is 3. The molecule has 0 spiro atoms. The van der Waals surface area contributed by atoms with E-state index >= 15 is 0 Å². The van der Waals surface area contributed by atoms with Gasteiger partial charge in [-0.3, -0.25) is 9.59 Å². The number of halogens is 2. The molecule has 7 nitrogen and oxygen atoms in total. The van der Waals surface area contributed by atoms with Crippen LogP contribution in [0.25, 0.3) is 11.1 Å². The molecule has 0 aliphatic heterocycles. The second-order valence-electron chi connectivity index (χ2n) is 7.43. The first-order valence-corrected chi connectivity index (χ1v) is 10.3. The van der Waals surface area contributed by atoms with E-state index in [-0.39, 0.29) is 31.9 Å². The van der Waals surface area contributed by atoms with Gasteiger partial charge in [-0.2, -0.15) is 0 Å². The number of hydrogen-bond acceptors (Lipinski definition) is 4. The van der Waals surface area contributed by atoms with Crippen molar-refractivity contribution in [1.82, 2.24) is 10.6 Å². The van der Waals surface area contributed by atoms with Gasteiger partial charge >= 0.3 is 12.1 Å². The van der Waals surface area contributed by atoms with E-state index in [1.807, 2.05) is 48.5 Å². The molecule has 1 atom stereocenters. The molecular weight excluding hydrogens is 422 g/mol. The molecule has 0 heterocycles. The lowest BCUT2D eigenvalue weighted by molar-refractivity contribution is -0.137. The molecular formula is C23H24F2N2O5. The van der Waals surface area contributed by atoms with Crippen LogP contribution in [0.2, 0.25) is 0 Å². The summed E-state index contributed by atoms with van der Waals surface area (Å²) in [5, 5.41) is 13.5. The first kappa shape index (κ1) is 23.2. The maximum absolute atomic E-state index is 12.4. The molecule has 170 valence electrons. The van der Waals surface area contributed by atoms with Crippen molar-refractivity contribution >= 4 is 18.0 Å². The highest BCUT2D eigenvalue weighted by molar-refractivity contribution is 5.86. The smallest absolute Gasteiger partial charge is 0.407 e. The minimum absolute atomic E-state index is 0.0263. The van der Waals surface area contributed by atoms with Crippen LogP contribution in [-0.4, -0.2) is 48.7 Å². The summed E-state index contributed by atoms with van der Waals surface area (Å²) in [5.41, 5.74) is 4.17. The van der Waals surface area contributed by atoms with Crippen molar-refractivity contribution in [2.24, 2.45) is 0 Å². The Morgan fingerprint density at radius 2 is 1.56 bits per heavy atom. The third-order valence-electron chi connectivity index (χ3n) is 5.26. The van der Waals surface area contributed by atoms with E-state index < -0.39 is 36.9 Å². The Morgan fingerprint density at radius 3 is 2.12 bits per heavy atom. The molecule has 1 aliphatic carbocycles. The summed E-state index contributed by atoms with van der Waals surface area (Å²) in [6.45, 7) is -0.259. The molecule has 2 amide bonds. The average Bonchev–Trinajstić information content (AvgIpc) is 3.08. The van der Waals surface area contributed by atoms with Gasteiger partial charge in [0.2, 0.25) is 12.3 Å². The van der Waals surface area contributed by atoms with E-state index in [4.69, 9.17) is 9.84 Å². The van der Waals surface area contributed by atoms with Crippen LogP contribution in [0.3, 0.4) is 0 Å². The molecule has 2 aromatic carbocycles. The van der Waals surface area contributed by atoms with Crippen LogP contribution >= 0.6 is 0 Å². The van der Waals surface area contributed by atoms with Gasteiger partial charge in [0.15, 0.2) is 0 Å². The summed E-state index contributed by atoms with van der Waals surface area (Å²) < 4.78 is 30.0. The standard InChI is InChI=1S/C23H24F2N2O5/c24-20(25)11-12-26-22(30)19(9-10-21(28)29)27-23(31)32-13-18-16-7-3-1-5-14(16)15-6-2-4-8-17(15)18/h1-8,18-20H,9-13H2,(H,26,30)(H,27,31)(H,28,29). The lowest BCUT2D eigenvalue weighted by Gasteiger charge is -2.19. The molecule has 0 fully saturated rings. The fraction of sp³-hybridized carbons (Fsp3) is 0.348. The Bertz CT molecular complexity index is 937. The third kappa shape index (κ3) is 5.81. The van der Waals surface area contributed by atoms with Gasteiger partial charge in [0, 0.05) is 25.3 Å². The van der Waals surface area contributed by atoms with E-state index in [1.54, 1.807) is 0 Å². The van der Waals surface area contributed by atoms with Crippen molar-refractivity contribution in [3.05, 3.63) is 59.7 Å². The Balaban J connectivity index is 1.62. The summed E-state index contributed by atoms with van der Waals surface area (Å²) in [4.78, 5) is 35.5. The normalized spacial score (nSPS) is 13.2. The first-order chi connectivity index (χ1) is 15.4. The quantitative estimate of drug-likeness (QED) is 0.518. The molecule has 3 rings (SSSR count). The zero-order valence-electron chi connectivity index (χ0n) is 17.2. The number of aliphatic carboxylic acids is 1. The molecule has 2 aromatic rings. The molecule has 1 aliphatic rings. The summed E-state index contributed by atoms with van der Waals surface area (Å²) in [5.74, 6) is -2.06. The lowest BCUT2D eigenvalue weighted by Crippen LogP contribution is -2.47. The zero-order chi connectivity index (χ0) is 23.1. The first-order valence-electron chi connectivity index (χ1n) is 10.3. The molecule has 1 unspecified atom stereocenters. The van der Waals surface area contributed by atoms with Gasteiger partial charge in [-0.15, -0.1) is 0 Å². The van der Waals surface area contributed by atoms with Gasteiger partial charge in [0.25, 0.3) is 0 Å². The van der Waals surface area contributed by atoms with Crippen LogP contribution in [-0.2, 0) is 14.3 Å². The lowest BCUT2D eigenvalue weighted by atomic mass is 9.98. The van der Waals surface area contributed by atoms with Crippen LogP contribution in [0.5, 0.6) is 0 Å². The highest BCUT2D eigenvalue weighted by Gasteiger charge is 2.30. The predicted molar refractivity (Wildman–Crippen MR) is 112 cm³/mol. The molecule has 0 aromatic heterocycles. The third-order valence-corrected chi connectivity index (χ3v) is 5.26. The number of ether oxygens (including phenoxy) is 1. The Labute approximate surface area is 183 Å². The summed E-state index contributed by atoms with van der Waals surface area (Å²) >= 11 is 0. The monoisotopic (exact) mass is 446 g/mol. The fourth-order valence-electron chi connectivity index (χ4n) is 3.75. The number of alkyl carbamates (subject to hydrolysis) is 1. The Kier molecular flexibility index (Phi) is 7.75. The van der Waals surface area contributed by atoms with Crippen LogP contribution in [0, 0.1) is 0 Å². The number of amides is 2. The number of carboxylic acid groups (broad SMARTS) is 1. The van der Waals surface area contributed by atoms with Crippen LogP contribution in [0.4, 0.5) is 13.6 Å². The van der Waals surface area contributed by atoms with Crippen LogP contribution in [0.15, 0.2) is 48.5 Å². The highest BCUT2D eigenvalue weighted by Crippen LogP contribution is 2.44. The number of nitrogens with one attached hydrogen (secondary N) is 2. The van der Waals surface area contributed by atoms with Crippen molar-refractivity contribution in [1.29, 1.82) is 0 Å². The second kappa shape index (κ2) is 10.7. The van der Waals surface area contributed by atoms with E-state index in [1.165, 1.54) is 0 Å². The molecule has 0 saturated heterocycles. The van der Waals surface area contributed by atoms with Crippen molar-refractivity contribution < 1.29 is 33.0 Å². The van der Waals surface area contributed by atoms with Crippen LogP contribution < -0.4 is 10.6 Å². The van der Waals surface area contributed by atoms with Gasteiger partial charge in [0.05, 0.1) is 0 Å². The van der Waals surface area contributed by atoms with Gasteiger partial charge in [-0.1, -0.05) is 48.5 Å². The van der Waals surface area contributed by atoms with Crippen molar-refractivity contribution in [3.63, 3.8) is 0 Å².